The minimum absolute atomic E-state index is 0.0981. The average Bonchev–Trinajstić information content (AvgIpc) is 3.21. The smallest absolute Gasteiger partial charge is 0.261 e. The molecular weight excluding hydrogens is 332 g/mol. The third-order valence-corrected chi connectivity index (χ3v) is 7.53. The molecule has 6 heteroatoms. The minimum Gasteiger partial charge on any atom is -0.347 e. The van der Waals surface area contributed by atoms with Crippen LogP contribution in [0.2, 0.25) is 0 Å². The quantitative estimate of drug-likeness (QED) is 0.911. The molecule has 1 unspecified atom stereocenters. The highest BCUT2D eigenvalue weighted by Gasteiger charge is 2.35. The van der Waals surface area contributed by atoms with Crippen molar-refractivity contribution in [2.45, 2.75) is 28.0 Å². The van der Waals surface area contributed by atoms with Crippen LogP contribution in [0.5, 0.6) is 0 Å². The maximum atomic E-state index is 12.5. The Kier molecular flexibility index (Phi) is 4.26. The second-order valence-electron chi connectivity index (χ2n) is 5.90. The standard InChI is InChI=1S/C16H18N2OS3/c19-16(17-13-9-18-6-3-11(13)4-7-18)14-1-2-15(22-14)21-12-5-8-20-10-12/h1-2,5,8,10-11,13H,3-4,6-7,9H2,(H,17,19). The van der Waals surface area contributed by atoms with Crippen LogP contribution in [0.15, 0.2) is 38.1 Å². The number of nitrogens with one attached hydrogen (secondary N) is 1. The van der Waals surface area contributed by atoms with Crippen LogP contribution in [0.4, 0.5) is 0 Å². The molecule has 5 heterocycles. The summed E-state index contributed by atoms with van der Waals surface area (Å²) >= 11 is 5.02. The van der Waals surface area contributed by atoms with Crippen LogP contribution in [0.25, 0.3) is 0 Å². The monoisotopic (exact) mass is 350 g/mol. The van der Waals surface area contributed by atoms with Crippen LogP contribution in [0, 0.1) is 5.92 Å². The van der Waals surface area contributed by atoms with E-state index >= 15 is 0 Å². The van der Waals surface area contributed by atoms with Gasteiger partial charge in [-0.05, 0) is 55.4 Å². The first kappa shape index (κ1) is 14.8. The van der Waals surface area contributed by atoms with Gasteiger partial charge in [0.1, 0.15) is 0 Å². The topological polar surface area (TPSA) is 32.3 Å². The average molecular weight is 351 g/mol. The van der Waals surface area contributed by atoms with Crippen molar-refractivity contribution in [1.82, 2.24) is 10.2 Å². The molecule has 5 rings (SSSR count). The number of nitrogens with zero attached hydrogens (tertiary/aromatic N) is 1. The van der Waals surface area contributed by atoms with E-state index in [-0.39, 0.29) is 5.91 Å². The van der Waals surface area contributed by atoms with Gasteiger partial charge >= 0.3 is 0 Å². The van der Waals surface area contributed by atoms with Crippen molar-refractivity contribution in [1.29, 1.82) is 0 Å². The summed E-state index contributed by atoms with van der Waals surface area (Å²) in [5.41, 5.74) is 0. The lowest BCUT2D eigenvalue weighted by Crippen LogP contribution is -2.57. The highest BCUT2D eigenvalue weighted by atomic mass is 32.2. The number of thiophene rings is 2. The van der Waals surface area contributed by atoms with E-state index in [1.54, 1.807) is 34.4 Å². The molecule has 2 aromatic heterocycles. The van der Waals surface area contributed by atoms with Crippen molar-refractivity contribution < 1.29 is 4.79 Å². The molecule has 0 spiro atoms. The van der Waals surface area contributed by atoms with Gasteiger partial charge in [-0.15, -0.1) is 11.3 Å². The maximum Gasteiger partial charge on any atom is 0.261 e. The van der Waals surface area contributed by atoms with E-state index in [1.807, 2.05) is 6.07 Å². The molecule has 3 nitrogen and oxygen atoms in total. The maximum absolute atomic E-state index is 12.5. The van der Waals surface area contributed by atoms with E-state index in [0.717, 1.165) is 11.4 Å². The van der Waals surface area contributed by atoms with Gasteiger partial charge < -0.3 is 10.2 Å². The molecule has 1 atom stereocenters. The zero-order valence-electron chi connectivity index (χ0n) is 12.2. The van der Waals surface area contributed by atoms with E-state index in [4.69, 9.17) is 0 Å². The summed E-state index contributed by atoms with van der Waals surface area (Å²) in [6, 6.07) is 6.46. The Balaban J connectivity index is 1.39. The van der Waals surface area contributed by atoms with E-state index < -0.39 is 0 Å². The largest absolute Gasteiger partial charge is 0.347 e. The second kappa shape index (κ2) is 6.35. The molecular formula is C16H18N2OS3. The van der Waals surface area contributed by atoms with Crippen LogP contribution in [-0.4, -0.2) is 36.5 Å². The normalized spacial score (nSPS) is 27.0. The van der Waals surface area contributed by atoms with Gasteiger partial charge in [0, 0.05) is 22.9 Å². The van der Waals surface area contributed by atoms with Gasteiger partial charge in [0.15, 0.2) is 0 Å². The highest BCUT2D eigenvalue weighted by molar-refractivity contribution is 8.01. The summed E-state index contributed by atoms with van der Waals surface area (Å²) in [7, 11) is 0. The number of carbonyl (C=O) groups is 1. The summed E-state index contributed by atoms with van der Waals surface area (Å²) in [6.45, 7) is 3.44. The van der Waals surface area contributed by atoms with Gasteiger partial charge in [0.2, 0.25) is 0 Å². The van der Waals surface area contributed by atoms with Crippen LogP contribution >= 0.6 is 34.4 Å². The number of rotatable bonds is 4. The fourth-order valence-corrected chi connectivity index (χ4v) is 6.12. The van der Waals surface area contributed by atoms with E-state index in [1.165, 1.54) is 35.0 Å². The van der Waals surface area contributed by atoms with Crippen molar-refractivity contribution in [2.75, 3.05) is 19.6 Å². The first-order valence-corrected chi connectivity index (χ1v) is 10.2. The molecule has 1 amide bonds. The zero-order chi connectivity index (χ0) is 14.9. The lowest BCUT2D eigenvalue weighted by atomic mass is 9.84. The third-order valence-electron chi connectivity index (χ3n) is 4.49. The molecule has 22 heavy (non-hydrogen) atoms. The Morgan fingerprint density at radius 1 is 1.27 bits per heavy atom. The molecule has 2 bridgehead atoms. The van der Waals surface area contributed by atoms with Gasteiger partial charge in [-0.2, -0.15) is 11.3 Å². The number of piperidine rings is 3. The van der Waals surface area contributed by atoms with Gasteiger partial charge in [0.05, 0.1) is 9.09 Å². The number of fused-ring (bicyclic) bond motifs is 3. The molecule has 3 saturated heterocycles. The van der Waals surface area contributed by atoms with Gasteiger partial charge in [-0.1, -0.05) is 11.8 Å². The molecule has 116 valence electrons. The molecule has 3 fully saturated rings. The number of amides is 1. The first-order chi connectivity index (χ1) is 10.8. The van der Waals surface area contributed by atoms with Crippen molar-refractivity contribution in [2.24, 2.45) is 5.92 Å². The van der Waals surface area contributed by atoms with Gasteiger partial charge in [0.25, 0.3) is 5.91 Å². The minimum atomic E-state index is 0.0981. The van der Waals surface area contributed by atoms with E-state index in [2.05, 4.69) is 33.1 Å². The van der Waals surface area contributed by atoms with Crippen molar-refractivity contribution in [3.63, 3.8) is 0 Å². The summed E-state index contributed by atoms with van der Waals surface area (Å²) < 4.78 is 1.18. The Morgan fingerprint density at radius 2 is 2.14 bits per heavy atom. The predicted octanol–water partition coefficient (Wildman–Crippen LogP) is 3.78. The molecule has 0 radical (unpaired) electrons. The molecule has 0 aromatic carbocycles. The lowest BCUT2D eigenvalue weighted by molar-refractivity contribution is 0.0622. The molecule has 3 aliphatic heterocycles. The van der Waals surface area contributed by atoms with Crippen LogP contribution in [-0.2, 0) is 0 Å². The van der Waals surface area contributed by atoms with Crippen molar-refractivity contribution in [3.8, 4) is 0 Å². The number of carbonyl (C=O) groups excluding carboxylic acids is 1. The van der Waals surface area contributed by atoms with Crippen LogP contribution < -0.4 is 5.32 Å². The van der Waals surface area contributed by atoms with Gasteiger partial charge in [-0.3, -0.25) is 4.79 Å². The van der Waals surface area contributed by atoms with Crippen molar-refractivity contribution >= 4 is 40.3 Å². The zero-order valence-corrected chi connectivity index (χ0v) is 14.6. The van der Waals surface area contributed by atoms with Crippen LogP contribution in [0.3, 0.4) is 0 Å². The third kappa shape index (κ3) is 3.11. The predicted molar refractivity (Wildman–Crippen MR) is 93.2 cm³/mol. The molecule has 3 aliphatic rings. The number of hydrogen-bond donors (Lipinski definition) is 1. The molecule has 0 aliphatic carbocycles. The molecule has 0 saturated carbocycles. The summed E-state index contributed by atoms with van der Waals surface area (Å²) in [4.78, 5) is 17.0. The summed E-state index contributed by atoms with van der Waals surface area (Å²) in [5, 5.41) is 7.48. The van der Waals surface area contributed by atoms with Gasteiger partial charge in [-0.25, -0.2) is 0 Å². The van der Waals surface area contributed by atoms with Crippen molar-refractivity contribution in [3.05, 3.63) is 33.8 Å². The fraction of sp³-hybridized carbons (Fsp3) is 0.438. The first-order valence-electron chi connectivity index (χ1n) is 7.61. The Morgan fingerprint density at radius 3 is 2.82 bits per heavy atom. The van der Waals surface area contributed by atoms with E-state index in [0.29, 0.717) is 12.0 Å². The van der Waals surface area contributed by atoms with Crippen LogP contribution in [0.1, 0.15) is 22.5 Å². The molecule has 2 aromatic rings. The Labute approximate surface area is 142 Å². The van der Waals surface area contributed by atoms with E-state index in [9.17, 15) is 4.79 Å². The lowest BCUT2D eigenvalue weighted by Gasteiger charge is -2.44. The second-order valence-corrected chi connectivity index (χ2v) is 9.14. The Bertz CT molecular complexity index is 644. The molecule has 1 N–H and O–H groups in total. The summed E-state index contributed by atoms with van der Waals surface area (Å²) in [6.07, 6.45) is 2.46. The Hall–Kier alpha value is -0.820. The SMILES string of the molecule is O=C(NC1CN2CCC1CC2)c1ccc(Sc2ccsc2)s1. The highest BCUT2D eigenvalue weighted by Crippen LogP contribution is 2.35. The fourth-order valence-electron chi connectivity index (χ4n) is 3.29. The summed E-state index contributed by atoms with van der Waals surface area (Å²) in [5.74, 6) is 0.773. The number of hydrogen-bond acceptors (Lipinski definition) is 5.